The van der Waals surface area contributed by atoms with Crippen LogP contribution in [0.1, 0.15) is 51.4 Å². The van der Waals surface area contributed by atoms with Gasteiger partial charge in [0.1, 0.15) is 12.0 Å². The zero-order chi connectivity index (χ0) is 18.9. The molecule has 3 nitrogen and oxygen atoms in total. The van der Waals surface area contributed by atoms with Crippen molar-refractivity contribution in [2.75, 3.05) is 0 Å². The third-order valence-electron chi connectivity index (χ3n) is 6.48. The molecule has 2 aliphatic rings. The Hall–Kier alpha value is -1.84. The maximum absolute atomic E-state index is 6.68. The average Bonchev–Trinajstić information content (AvgIpc) is 3.16. The van der Waals surface area contributed by atoms with Crippen molar-refractivity contribution < 1.29 is 9.15 Å². The molecule has 2 fully saturated rings. The van der Waals surface area contributed by atoms with E-state index in [4.69, 9.17) is 9.15 Å². The van der Waals surface area contributed by atoms with Gasteiger partial charge in [0.25, 0.3) is 0 Å². The number of hydrogen-bond acceptors (Lipinski definition) is 3. The molecular weight excluding hydrogens is 334 g/mol. The molecule has 3 heteroatoms. The quantitative estimate of drug-likeness (QED) is 0.691. The minimum Gasteiger partial charge on any atom is -0.468 e. The van der Waals surface area contributed by atoms with Gasteiger partial charge < -0.3 is 9.15 Å². The summed E-state index contributed by atoms with van der Waals surface area (Å²) in [6.07, 6.45) is 10.2. The van der Waals surface area contributed by atoms with Gasteiger partial charge in [-0.25, -0.2) is 0 Å². The predicted octanol–water partition coefficient (Wildman–Crippen LogP) is 5.73. The summed E-state index contributed by atoms with van der Waals surface area (Å²) in [5.74, 6) is 2.30. The summed E-state index contributed by atoms with van der Waals surface area (Å²) in [7, 11) is 0. The van der Waals surface area contributed by atoms with Crippen molar-refractivity contribution in [2.45, 2.75) is 64.4 Å². The fourth-order valence-electron chi connectivity index (χ4n) is 4.85. The van der Waals surface area contributed by atoms with Gasteiger partial charge in [0.2, 0.25) is 0 Å². The molecule has 4 atom stereocenters. The molecule has 1 aliphatic carbocycles. The first-order chi connectivity index (χ1) is 13.0. The van der Waals surface area contributed by atoms with E-state index >= 15 is 0 Å². The molecule has 1 saturated heterocycles. The van der Waals surface area contributed by atoms with Gasteiger partial charge in [0.05, 0.1) is 18.9 Å². The van der Waals surface area contributed by atoms with E-state index in [9.17, 15) is 0 Å². The highest BCUT2D eigenvalue weighted by Crippen LogP contribution is 2.45. The molecule has 0 bridgehead atoms. The van der Waals surface area contributed by atoms with Crippen LogP contribution in [0.25, 0.3) is 6.08 Å². The van der Waals surface area contributed by atoms with Crippen molar-refractivity contribution in [1.29, 1.82) is 0 Å². The number of nitrogens with zero attached hydrogens (tertiary/aromatic N) is 1. The second kappa shape index (κ2) is 7.65. The van der Waals surface area contributed by atoms with Crippen molar-refractivity contribution >= 4 is 6.08 Å². The second-order valence-electron chi connectivity index (χ2n) is 8.72. The Morgan fingerprint density at radius 2 is 1.93 bits per heavy atom. The minimum absolute atomic E-state index is 0.0446. The fourth-order valence-corrected chi connectivity index (χ4v) is 4.85. The molecular formula is C24H31NO2. The Labute approximate surface area is 163 Å². The van der Waals surface area contributed by atoms with Gasteiger partial charge in [0.15, 0.2) is 0 Å². The standard InChI is InChI=1S/C24H31NO2/c1-18-11-13-21-22(16-18)27-23(14-12-19-8-5-4-6-9-19)25(24(21,2)3)17-20-10-7-15-26-20/h4-10,12,14-15,18,21-23H,11,13,16-17H2,1-3H3/b14-12+/t18-,21-,22-,23+/m1/s1. The van der Waals surface area contributed by atoms with E-state index < -0.39 is 0 Å². The number of hydrogen-bond donors (Lipinski definition) is 0. The lowest BCUT2D eigenvalue weighted by Gasteiger charge is -2.56. The largest absolute Gasteiger partial charge is 0.468 e. The minimum atomic E-state index is -0.0446. The van der Waals surface area contributed by atoms with Gasteiger partial charge in [-0.05, 0) is 56.4 Å². The zero-order valence-electron chi connectivity index (χ0n) is 16.7. The van der Waals surface area contributed by atoms with Gasteiger partial charge >= 0.3 is 0 Å². The Kier molecular flexibility index (Phi) is 5.25. The van der Waals surface area contributed by atoms with Crippen molar-refractivity contribution in [2.24, 2.45) is 11.8 Å². The molecule has 2 aromatic rings. The highest BCUT2D eigenvalue weighted by molar-refractivity contribution is 5.49. The van der Waals surface area contributed by atoms with Gasteiger partial charge in [-0.2, -0.15) is 0 Å². The summed E-state index contributed by atoms with van der Waals surface area (Å²) >= 11 is 0. The Morgan fingerprint density at radius 1 is 1.11 bits per heavy atom. The molecule has 144 valence electrons. The molecule has 0 amide bonds. The summed E-state index contributed by atoms with van der Waals surface area (Å²) in [6, 6.07) is 14.5. The first kappa shape index (κ1) is 18.5. The Morgan fingerprint density at radius 3 is 2.67 bits per heavy atom. The molecule has 1 aromatic carbocycles. The smallest absolute Gasteiger partial charge is 0.131 e. The van der Waals surface area contributed by atoms with E-state index in [0.29, 0.717) is 12.0 Å². The molecule has 0 unspecified atom stereocenters. The summed E-state index contributed by atoms with van der Waals surface area (Å²) in [6.45, 7) is 7.89. The maximum Gasteiger partial charge on any atom is 0.131 e. The van der Waals surface area contributed by atoms with E-state index in [1.807, 2.05) is 6.07 Å². The lowest BCUT2D eigenvalue weighted by molar-refractivity contribution is -0.220. The van der Waals surface area contributed by atoms with Crippen LogP contribution in [0.4, 0.5) is 0 Å². The monoisotopic (exact) mass is 365 g/mol. The molecule has 1 aliphatic heterocycles. The van der Waals surface area contributed by atoms with E-state index in [1.165, 1.54) is 24.8 Å². The van der Waals surface area contributed by atoms with Gasteiger partial charge in [-0.15, -0.1) is 0 Å². The van der Waals surface area contributed by atoms with Gasteiger partial charge in [-0.3, -0.25) is 4.90 Å². The van der Waals surface area contributed by atoms with Crippen LogP contribution in [0, 0.1) is 11.8 Å². The number of fused-ring (bicyclic) bond motifs is 1. The average molecular weight is 366 g/mol. The SMILES string of the molecule is C[C@@H]1CC[C@@H]2[C@@H](C1)O[C@@H](/C=C/c1ccccc1)N(Cc1ccco1)C2(C)C. The molecule has 27 heavy (non-hydrogen) atoms. The van der Waals surface area contributed by atoms with Crippen LogP contribution in [0.15, 0.2) is 59.2 Å². The van der Waals surface area contributed by atoms with Crippen LogP contribution in [0.3, 0.4) is 0 Å². The van der Waals surface area contributed by atoms with Crippen LogP contribution in [-0.2, 0) is 11.3 Å². The Balaban J connectivity index is 1.63. The van der Waals surface area contributed by atoms with E-state index in [-0.39, 0.29) is 11.8 Å². The first-order valence-electron chi connectivity index (χ1n) is 10.2. The van der Waals surface area contributed by atoms with E-state index in [1.54, 1.807) is 6.26 Å². The van der Waals surface area contributed by atoms with Crippen LogP contribution in [-0.4, -0.2) is 22.8 Å². The van der Waals surface area contributed by atoms with E-state index in [2.05, 4.69) is 74.2 Å². The number of ether oxygens (including phenoxy) is 1. The molecule has 4 rings (SSSR count). The van der Waals surface area contributed by atoms with Crippen LogP contribution >= 0.6 is 0 Å². The molecule has 0 spiro atoms. The van der Waals surface area contributed by atoms with Crippen molar-refractivity contribution in [3.8, 4) is 0 Å². The summed E-state index contributed by atoms with van der Waals surface area (Å²) in [4.78, 5) is 2.47. The van der Waals surface area contributed by atoms with Crippen LogP contribution in [0.2, 0.25) is 0 Å². The molecule has 1 saturated carbocycles. The van der Waals surface area contributed by atoms with Crippen LogP contribution < -0.4 is 0 Å². The summed E-state index contributed by atoms with van der Waals surface area (Å²) in [5, 5.41) is 0. The van der Waals surface area contributed by atoms with Crippen molar-refractivity contribution in [3.63, 3.8) is 0 Å². The third kappa shape index (κ3) is 3.90. The number of furan rings is 1. The summed E-state index contributed by atoms with van der Waals surface area (Å²) in [5.41, 5.74) is 1.26. The highest BCUT2D eigenvalue weighted by Gasteiger charge is 2.50. The number of rotatable bonds is 4. The zero-order valence-corrected chi connectivity index (χ0v) is 16.7. The topological polar surface area (TPSA) is 25.6 Å². The van der Waals surface area contributed by atoms with Crippen molar-refractivity contribution in [3.05, 3.63) is 66.1 Å². The molecule has 1 aromatic heterocycles. The number of benzene rings is 1. The molecule has 0 radical (unpaired) electrons. The molecule has 2 heterocycles. The fraction of sp³-hybridized carbons (Fsp3) is 0.500. The maximum atomic E-state index is 6.68. The van der Waals surface area contributed by atoms with Gasteiger partial charge in [-0.1, -0.05) is 49.8 Å². The molecule has 0 N–H and O–H groups in total. The van der Waals surface area contributed by atoms with Crippen LogP contribution in [0.5, 0.6) is 0 Å². The normalized spacial score (nSPS) is 31.1. The van der Waals surface area contributed by atoms with E-state index in [0.717, 1.165) is 18.2 Å². The predicted molar refractivity (Wildman–Crippen MR) is 109 cm³/mol. The third-order valence-corrected chi connectivity index (χ3v) is 6.48. The lowest BCUT2D eigenvalue weighted by atomic mass is 9.69. The van der Waals surface area contributed by atoms with Gasteiger partial charge in [0, 0.05) is 11.5 Å². The second-order valence-corrected chi connectivity index (χ2v) is 8.72. The van der Waals surface area contributed by atoms with Crippen molar-refractivity contribution in [1.82, 2.24) is 4.90 Å². The lowest BCUT2D eigenvalue weighted by Crippen LogP contribution is -2.63. The highest BCUT2D eigenvalue weighted by atomic mass is 16.5. The first-order valence-corrected chi connectivity index (χ1v) is 10.2. The Bertz CT molecular complexity index is 750. The summed E-state index contributed by atoms with van der Waals surface area (Å²) < 4.78 is 12.3.